The molecule has 0 saturated carbocycles. The van der Waals surface area contributed by atoms with Gasteiger partial charge >= 0.3 is 0 Å². The maximum atomic E-state index is 7.23. The first-order valence-corrected chi connectivity index (χ1v) is 3.30. The molecule has 0 aliphatic carbocycles. The van der Waals surface area contributed by atoms with E-state index in [4.69, 9.17) is 11.1 Å². The lowest BCUT2D eigenvalue weighted by atomic mass is 10.2. The summed E-state index contributed by atoms with van der Waals surface area (Å²) in [5.41, 5.74) is 6.36. The summed E-state index contributed by atoms with van der Waals surface area (Å²) in [5, 5.41) is 18.1. The van der Waals surface area contributed by atoms with Gasteiger partial charge < -0.3 is 5.73 Å². The number of rotatable bonds is 1. The molecule has 0 aliphatic heterocycles. The maximum absolute atomic E-state index is 7.23. The van der Waals surface area contributed by atoms with Crippen molar-refractivity contribution in [1.29, 1.82) is 5.41 Å². The predicted molar refractivity (Wildman–Crippen MR) is 41.8 cm³/mol. The van der Waals surface area contributed by atoms with Gasteiger partial charge in [-0.25, -0.2) is 0 Å². The van der Waals surface area contributed by atoms with E-state index in [1.165, 1.54) is 4.52 Å². The van der Waals surface area contributed by atoms with Crippen LogP contribution >= 0.6 is 0 Å². The highest BCUT2D eigenvalue weighted by Gasteiger charge is 2.05. The molecule has 6 nitrogen and oxygen atoms in total. The number of amidine groups is 1. The molecule has 0 atom stereocenters. The standard InChI is InChI=1S/C6H6N6/c7-5(8)4-2-1-3-12-6(4)9-10-11-12/h1-3H,(H3,7,8). The molecule has 0 fully saturated rings. The van der Waals surface area contributed by atoms with E-state index in [1.54, 1.807) is 18.3 Å². The van der Waals surface area contributed by atoms with Gasteiger partial charge in [-0.3, -0.25) is 5.41 Å². The van der Waals surface area contributed by atoms with Crippen LogP contribution in [0.2, 0.25) is 0 Å². The molecule has 0 bridgehead atoms. The Morgan fingerprint density at radius 3 is 3.17 bits per heavy atom. The van der Waals surface area contributed by atoms with E-state index in [0.29, 0.717) is 11.2 Å². The molecule has 2 aromatic heterocycles. The normalized spacial score (nSPS) is 10.3. The monoisotopic (exact) mass is 162 g/mol. The fourth-order valence-electron chi connectivity index (χ4n) is 0.977. The molecule has 0 spiro atoms. The number of nitrogens with one attached hydrogen (secondary N) is 1. The van der Waals surface area contributed by atoms with Gasteiger partial charge in [-0.1, -0.05) is 0 Å². The first-order valence-electron chi connectivity index (χ1n) is 3.30. The summed E-state index contributed by atoms with van der Waals surface area (Å²) < 4.78 is 1.47. The van der Waals surface area contributed by atoms with Crippen molar-refractivity contribution in [3.05, 3.63) is 23.9 Å². The molecule has 3 N–H and O–H groups in total. The topological polar surface area (TPSA) is 93.0 Å². The Bertz CT molecular complexity index is 430. The van der Waals surface area contributed by atoms with Crippen LogP contribution in [0, 0.1) is 5.41 Å². The average Bonchev–Trinajstić information content (AvgIpc) is 2.49. The van der Waals surface area contributed by atoms with Crippen molar-refractivity contribution in [3.63, 3.8) is 0 Å². The highest BCUT2D eigenvalue weighted by atomic mass is 15.5. The number of tetrazole rings is 1. The lowest BCUT2D eigenvalue weighted by Gasteiger charge is -1.96. The molecule has 12 heavy (non-hydrogen) atoms. The minimum absolute atomic E-state index is 0.0320. The summed E-state index contributed by atoms with van der Waals surface area (Å²) in [6, 6.07) is 3.44. The molecule has 0 aromatic carbocycles. The predicted octanol–water partition coefficient (Wildman–Crippen LogP) is -0.592. The second kappa shape index (κ2) is 2.26. The van der Waals surface area contributed by atoms with Crippen molar-refractivity contribution in [2.24, 2.45) is 5.73 Å². The lowest BCUT2D eigenvalue weighted by Crippen LogP contribution is -2.12. The molecule has 60 valence electrons. The number of hydrogen-bond donors (Lipinski definition) is 2. The van der Waals surface area contributed by atoms with Crippen LogP contribution in [0.25, 0.3) is 5.65 Å². The molecule has 2 aromatic rings. The lowest BCUT2D eigenvalue weighted by molar-refractivity contribution is 0.823. The van der Waals surface area contributed by atoms with E-state index in [0.717, 1.165) is 0 Å². The molecule has 0 unspecified atom stereocenters. The fourth-order valence-corrected chi connectivity index (χ4v) is 0.977. The molecule has 0 aliphatic rings. The quantitative estimate of drug-likeness (QED) is 0.433. The van der Waals surface area contributed by atoms with E-state index in [2.05, 4.69) is 15.5 Å². The van der Waals surface area contributed by atoms with Crippen LogP contribution in [-0.4, -0.2) is 25.9 Å². The second-order valence-corrected chi connectivity index (χ2v) is 2.28. The summed E-state index contributed by atoms with van der Waals surface area (Å²) in [6.45, 7) is 0. The Morgan fingerprint density at radius 1 is 1.58 bits per heavy atom. The number of fused-ring (bicyclic) bond motifs is 1. The average molecular weight is 162 g/mol. The van der Waals surface area contributed by atoms with Crippen LogP contribution < -0.4 is 5.73 Å². The Hall–Kier alpha value is -1.98. The van der Waals surface area contributed by atoms with Crippen molar-refractivity contribution >= 4 is 11.5 Å². The third kappa shape index (κ3) is 0.815. The summed E-state index contributed by atoms with van der Waals surface area (Å²) in [7, 11) is 0. The van der Waals surface area contributed by atoms with Gasteiger partial charge in [0.25, 0.3) is 0 Å². The van der Waals surface area contributed by atoms with Crippen LogP contribution in [-0.2, 0) is 0 Å². The van der Waals surface area contributed by atoms with Crippen LogP contribution in [0.3, 0.4) is 0 Å². The minimum Gasteiger partial charge on any atom is -0.384 e. The van der Waals surface area contributed by atoms with Gasteiger partial charge in [0.1, 0.15) is 5.84 Å². The number of hydrogen-bond acceptors (Lipinski definition) is 4. The number of nitrogen functional groups attached to an aromatic ring is 1. The van der Waals surface area contributed by atoms with Crippen molar-refractivity contribution in [2.75, 3.05) is 0 Å². The van der Waals surface area contributed by atoms with Gasteiger partial charge in [-0.05, 0) is 22.6 Å². The van der Waals surface area contributed by atoms with Crippen molar-refractivity contribution in [3.8, 4) is 0 Å². The van der Waals surface area contributed by atoms with Crippen LogP contribution in [0.15, 0.2) is 18.3 Å². The Morgan fingerprint density at radius 2 is 2.42 bits per heavy atom. The summed E-state index contributed by atoms with van der Waals surface area (Å²) >= 11 is 0. The van der Waals surface area contributed by atoms with Gasteiger partial charge in [-0.2, -0.15) is 4.52 Å². The zero-order chi connectivity index (χ0) is 8.55. The Labute approximate surface area is 67.5 Å². The minimum atomic E-state index is -0.0320. The molecule has 2 rings (SSSR count). The highest BCUT2D eigenvalue weighted by Crippen LogP contribution is 2.03. The van der Waals surface area contributed by atoms with Gasteiger partial charge in [0.2, 0.25) is 0 Å². The van der Waals surface area contributed by atoms with E-state index in [-0.39, 0.29) is 5.84 Å². The van der Waals surface area contributed by atoms with Crippen LogP contribution in [0.5, 0.6) is 0 Å². The highest BCUT2D eigenvalue weighted by molar-refractivity contribution is 6.00. The van der Waals surface area contributed by atoms with Crippen LogP contribution in [0.4, 0.5) is 0 Å². The first-order chi connectivity index (χ1) is 5.79. The van der Waals surface area contributed by atoms with E-state index in [1.807, 2.05) is 0 Å². The van der Waals surface area contributed by atoms with Crippen LogP contribution in [0.1, 0.15) is 5.56 Å². The largest absolute Gasteiger partial charge is 0.384 e. The molecular weight excluding hydrogens is 156 g/mol. The first kappa shape index (κ1) is 6.71. The zero-order valence-corrected chi connectivity index (χ0v) is 6.10. The third-order valence-corrected chi connectivity index (χ3v) is 1.51. The molecule has 2 heterocycles. The number of nitrogens with zero attached hydrogens (tertiary/aromatic N) is 4. The Balaban J connectivity index is 2.82. The van der Waals surface area contributed by atoms with E-state index in [9.17, 15) is 0 Å². The number of aromatic nitrogens is 4. The SMILES string of the molecule is N=C(N)c1cccn2nnnc12. The number of pyridine rings is 1. The fraction of sp³-hybridized carbons (Fsp3) is 0. The molecule has 0 saturated heterocycles. The van der Waals surface area contributed by atoms with Crippen molar-refractivity contribution in [1.82, 2.24) is 20.0 Å². The molecule has 0 radical (unpaired) electrons. The summed E-state index contributed by atoms with van der Waals surface area (Å²) in [4.78, 5) is 0. The summed E-state index contributed by atoms with van der Waals surface area (Å²) in [6.07, 6.45) is 1.70. The van der Waals surface area contributed by atoms with Crippen molar-refractivity contribution < 1.29 is 0 Å². The third-order valence-electron chi connectivity index (χ3n) is 1.51. The van der Waals surface area contributed by atoms with E-state index < -0.39 is 0 Å². The molecule has 0 amide bonds. The zero-order valence-electron chi connectivity index (χ0n) is 6.10. The van der Waals surface area contributed by atoms with Crippen molar-refractivity contribution in [2.45, 2.75) is 0 Å². The smallest absolute Gasteiger partial charge is 0.190 e. The van der Waals surface area contributed by atoms with Gasteiger partial charge in [0.15, 0.2) is 5.65 Å². The Kier molecular flexibility index (Phi) is 1.26. The van der Waals surface area contributed by atoms with Gasteiger partial charge in [0.05, 0.1) is 5.56 Å². The summed E-state index contributed by atoms with van der Waals surface area (Å²) in [5.74, 6) is -0.0320. The van der Waals surface area contributed by atoms with Gasteiger partial charge in [0, 0.05) is 6.20 Å². The maximum Gasteiger partial charge on any atom is 0.190 e. The second-order valence-electron chi connectivity index (χ2n) is 2.28. The van der Waals surface area contributed by atoms with Gasteiger partial charge in [-0.15, -0.1) is 5.10 Å². The number of nitrogens with two attached hydrogens (primary N) is 1. The molecule has 6 heteroatoms. The van der Waals surface area contributed by atoms with E-state index >= 15 is 0 Å². The molecular formula is C6H6N6.